The lowest BCUT2D eigenvalue weighted by Gasteiger charge is -2.33. The Morgan fingerprint density at radius 3 is 2.80 bits per heavy atom. The summed E-state index contributed by atoms with van der Waals surface area (Å²) in [7, 11) is -2.89. The Bertz CT molecular complexity index is 539. The Morgan fingerprint density at radius 2 is 2.10 bits per heavy atom. The number of likely N-dealkylation sites (N-methyl/N-ethyl adjacent to an activating group) is 1. The highest BCUT2D eigenvalue weighted by Gasteiger charge is 2.27. The Kier molecular flexibility index (Phi) is 5.22. The zero-order chi connectivity index (χ0) is 14.6. The summed E-state index contributed by atoms with van der Waals surface area (Å²) in [4.78, 5) is 0. The van der Waals surface area contributed by atoms with Crippen LogP contribution in [0.1, 0.15) is 43.2 Å². The molecule has 0 fully saturated rings. The Balaban J connectivity index is 2.17. The molecule has 2 rings (SSSR count). The van der Waals surface area contributed by atoms with Crippen molar-refractivity contribution < 1.29 is 8.42 Å². The maximum Gasteiger partial charge on any atom is 0.147 e. The molecule has 3 nitrogen and oxygen atoms in total. The second-order valence-corrected chi connectivity index (χ2v) is 8.04. The minimum atomic E-state index is -2.89. The quantitative estimate of drug-likeness (QED) is 0.877. The molecule has 2 atom stereocenters. The number of hydrogen-bond acceptors (Lipinski definition) is 3. The molecule has 2 unspecified atom stereocenters. The zero-order valence-electron chi connectivity index (χ0n) is 12.4. The van der Waals surface area contributed by atoms with E-state index in [0.717, 1.165) is 19.4 Å². The standard InChI is InChI=1S/C16H25NO2S/c1-3-17-16(11-12-20(2,18)19)15-10-6-8-13-7-4-5-9-14(13)15/h4-5,7,9,15-17H,3,6,8,10-12H2,1-2H3. The molecule has 1 aliphatic rings. The molecule has 0 saturated heterocycles. The molecular weight excluding hydrogens is 270 g/mol. The number of nitrogens with one attached hydrogen (secondary N) is 1. The van der Waals surface area contributed by atoms with Gasteiger partial charge in [-0.05, 0) is 49.3 Å². The van der Waals surface area contributed by atoms with Gasteiger partial charge in [-0.15, -0.1) is 0 Å². The minimum Gasteiger partial charge on any atom is -0.314 e. The van der Waals surface area contributed by atoms with Crippen LogP contribution >= 0.6 is 0 Å². The van der Waals surface area contributed by atoms with Crippen LogP contribution in [0.2, 0.25) is 0 Å². The van der Waals surface area contributed by atoms with Gasteiger partial charge in [0.2, 0.25) is 0 Å². The lowest BCUT2D eigenvalue weighted by Crippen LogP contribution is -2.37. The molecule has 0 saturated carbocycles. The monoisotopic (exact) mass is 295 g/mol. The van der Waals surface area contributed by atoms with E-state index in [1.54, 1.807) is 0 Å². The van der Waals surface area contributed by atoms with E-state index >= 15 is 0 Å². The van der Waals surface area contributed by atoms with E-state index in [0.29, 0.717) is 12.3 Å². The first kappa shape index (κ1) is 15.5. The van der Waals surface area contributed by atoms with Crippen molar-refractivity contribution >= 4 is 9.84 Å². The Morgan fingerprint density at radius 1 is 1.35 bits per heavy atom. The number of rotatable bonds is 6. The van der Waals surface area contributed by atoms with Crippen LogP contribution in [0.4, 0.5) is 0 Å². The van der Waals surface area contributed by atoms with Crippen LogP contribution < -0.4 is 5.32 Å². The second kappa shape index (κ2) is 6.72. The van der Waals surface area contributed by atoms with Gasteiger partial charge in [0.25, 0.3) is 0 Å². The molecule has 1 N–H and O–H groups in total. The first-order chi connectivity index (χ1) is 9.51. The van der Waals surface area contributed by atoms with E-state index in [1.807, 2.05) is 0 Å². The molecule has 0 heterocycles. The molecule has 0 amide bonds. The number of fused-ring (bicyclic) bond motifs is 1. The van der Waals surface area contributed by atoms with Gasteiger partial charge in [0.1, 0.15) is 9.84 Å². The molecule has 0 aliphatic heterocycles. The fraction of sp³-hybridized carbons (Fsp3) is 0.625. The van der Waals surface area contributed by atoms with Crippen LogP contribution in [0.5, 0.6) is 0 Å². The highest BCUT2D eigenvalue weighted by atomic mass is 32.2. The largest absolute Gasteiger partial charge is 0.314 e. The van der Waals surface area contributed by atoms with Gasteiger partial charge < -0.3 is 5.32 Å². The molecule has 1 aliphatic carbocycles. The summed E-state index contributed by atoms with van der Waals surface area (Å²) in [6, 6.07) is 8.87. The molecule has 0 aromatic heterocycles. The fourth-order valence-corrected chi connectivity index (χ4v) is 3.94. The summed E-state index contributed by atoms with van der Waals surface area (Å²) < 4.78 is 22.9. The lowest BCUT2D eigenvalue weighted by atomic mass is 9.78. The maximum absolute atomic E-state index is 11.4. The topological polar surface area (TPSA) is 46.2 Å². The third-order valence-electron chi connectivity index (χ3n) is 4.17. The highest BCUT2D eigenvalue weighted by molar-refractivity contribution is 7.90. The predicted octanol–water partition coefficient (Wildman–Crippen LogP) is 2.52. The van der Waals surface area contributed by atoms with E-state index < -0.39 is 9.84 Å². The van der Waals surface area contributed by atoms with E-state index in [-0.39, 0.29) is 11.8 Å². The summed E-state index contributed by atoms with van der Waals surface area (Å²) in [6.07, 6.45) is 5.52. The van der Waals surface area contributed by atoms with Crippen molar-refractivity contribution in [1.82, 2.24) is 5.32 Å². The van der Waals surface area contributed by atoms with Gasteiger partial charge in [0.15, 0.2) is 0 Å². The minimum absolute atomic E-state index is 0.260. The third-order valence-corrected chi connectivity index (χ3v) is 5.14. The van der Waals surface area contributed by atoms with E-state index in [9.17, 15) is 8.42 Å². The van der Waals surface area contributed by atoms with Crippen molar-refractivity contribution in [2.75, 3.05) is 18.6 Å². The number of sulfone groups is 1. The van der Waals surface area contributed by atoms with Gasteiger partial charge in [-0.2, -0.15) is 0 Å². The molecular formula is C16H25NO2S. The van der Waals surface area contributed by atoms with E-state index in [1.165, 1.54) is 23.8 Å². The van der Waals surface area contributed by atoms with Crippen molar-refractivity contribution in [2.24, 2.45) is 0 Å². The first-order valence-corrected chi connectivity index (χ1v) is 9.56. The number of aryl methyl sites for hydroxylation is 1. The maximum atomic E-state index is 11.4. The molecule has 1 aromatic carbocycles. The molecule has 0 bridgehead atoms. The Hall–Kier alpha value is -0.870. The molecule has 0 radical (unpaired) electrons. The van der Waals surface area contributed by atoms with Crippen LogP contribution in [0, 0.1) is 0 Å². The predicted molar refractivity (Wildman–Crippen MR) is 83.9 cm³/mol. The lowest BCUT2D eigenvalue weighted by molar-refractivity contribution is 0.389. The van der Waals surface area contributed by atoms with Gasteiger partial charge in [0.05, 0.1) is 5.75 Å². The number of hydrogen-bond donors (Lipinski definition) is 1. The van der Waals surface area contributed by atoms with E-state index in [2.05, 4.69) is 36.5 Å². The van der Waals surface area contributed by atoms with Crippen LogP contribution in [0.25, 0.3) is 0 Å². The van der Waals surface area contributed by atoms with Crippen molar-refractivity contribution in [3.05, 3.63) is 35.4 Å². The summed E-state index contributed by atoms with van der Waals surface area (Å²) in [5.74, 6) is 0.713. The van der Waals surface area contributed by atoms with Crippen molar-refractivity contribution in [3.8, 4) is 0 Å². The highest BCUT2D eigenvalue weighted by Crippen LogP contribution is 2.35. The van der Waals surface area contributed by atoms with Crippen LogP contribution in [-0.2, 0) is 16.3 Å². The van der Waals surface area contributed by atoms with Crippen LogP contribution in [-0.4, -0.2) is 33.0 Å². The molecule has 0 spiro atoms. The van der Waals surface area contributed by atoms with Crippen molar-refractivity contribution in [3.63, 3.8) is 0 Å². The van der Waals surface area contributed by atoms with Gasteiger partial charge >= 0.3 is 0 Å². The van der Waals surface area contributed by atoms with Crippen molar-refractivity contribution in [2.45, 2.75) is 44.6 Å². The first-order valence-electron chi connectivity index (χ1n) is 7.50. The Labute approximate surface area is 122 Å². The normalized spacial score (nSPS) is 20.4. The smallest absolute Gasteiger partial charge is 0.147 e. The van der Waals surface area contributed by atoms with Crippen LogP contribution in [0.3, 0.4) is 0 Å². The average molecular weight is 295 g/mol. The summed E-state index contributed by atoms with van der Waals surface area (Å²) in [6.45, 7) is 2.97. The van der Waals surface area contributed by atoms with Crippen LogP contribution in [0.15, 0.2) is 24.3 Å². The van der Waals surface area contributed by atoms with Gasteiger partial charge in [-0.1, -0.05) is 31.2 Å². The summed E-state index contributed by atoms with van der Waals surface area (Å²) >= 11 is 0. The van der Waals surface area contributed by atoms with E-state index in [4.69, 9.17) is 0 Å². The van der Waals surface area contributed by atoms with Crippen molar-refractivity contribution in [1.29, 1.82) is 0 Å². The van der Waals surface area contributed by atoms with Gasteiger partial charge in [-0.3, -0.25) is 0 Å². The van der Waals surface area contributed by atoms with Gasteiger partial charge in [0, 0.05) is 12.3 Å². The molecule has 4 heteroatoms. The molecule has 1 aromatic rings. The summed E-state index contributed by atoms with van der Waals surface area (Å²) in [5.41, 5.74) is 2.85. The molecule has 20 heavy (non-hydrogen) atoms. The SMILES string of the molecule is CCNC(CCS(C)(=O)=O)C1CCCc2ccccc21. The van der Waals surface area contributed by atoms with Gasteiger partial charge in [-0.25, -0.2) is 8.42 Å². The fourth-order valence-electron chi connectivity index (χ4n) is 3.26. The average Bonchev–Trinajstić information content (AvgIpc) is 2.42. The number of benzene rings is 1. The summed E-state index contributed by atoms with van der Waals surface area (Å²) in [5, 5.41) is 3.50. The third kappa shape index (κ3) is 4.06. The second-order valence-electron chi connectivity index (χ2n) is 5.78. The molecule has 112 valence electrons. The zero-order valence-corrected chi connectivity index (χ0v) is 13.2.